The van der Waals surface area contributed by atoms with Crippen molar-refractivity contribution in [2.75, 3.05) is 14.2 Å². The van der Waals surface area contributed by atoms with E-state index in [0.29, 0.717) is 0 Å². The molecule has 0 aliphatic carbocycles. The van der Waals surface area contributed by atoms with Crippen LogP contribution in [-0.4, -0.2) is 30.4 Å². The highest BCUT2D eigenvalue weighted by atomic mass is 16.5. The first kappa shape index (κ1) is 13.6. The Balaban J connectivity index is 2.99. The first-order chi connectivity index (χ1) is 8.58. The Morgan fingerprint density at radius 1 is 1.17 bits per heavy atom. The molecule has 0 unspecified atom stereocenters. The van der Waals surface area contributed by atoms with E-state index in [9.17, 15) is 9.90 Å². The average Bonchev–Trinajstić information content (AvgIpc) is 2.35. The zero-order chi connectivity index (χ0) is 13.5. The smallest absolute Gasteiger partial charge is 0.328 e. The highest BCUT2D eigenvalue weighted by Gasteiger charge is 2.09. The van der Waals surface area contributed by atoms with Crippen molar-refractivity contribution in [2.24, 2.45) is 0 Å². The van der Waals surface area contributed by atoms with Gasteiger partial charge >= 0.3 is 5.97 Å². The lowest BCUT2D eigenvalue weighted by molar-refractivity contribution is -0.131. The summed E-state index contributed by atoms with van der Waals surface area (Å²) in [5.74, 6) is -0.508. The molecule has 0 aliphatic heterocycles. The number of carboxylic acid groups (broad SMARTS) is 1. The van der Waals surface area contributed by atoms with E-state index in [0.717, 1.165) is 11.6 Å². The maximum atomic E-state index is 10.3. The van der Waals surface area contributed by atoms with E-state index >= 15 is 0 Å². The molecule has 1 aromatic carbocycles. The number of carboxylic acids is 1. The predicted octanol–water partition coefficient (Wildman–Crippen LogP) is 2.06. The molecule has 5 heteroatoms. The third kappa shape index (κ3) is 3.55. The number of methoxy groups -OCH3 is 2. The van der Waals surface area contributed by atoms with E-state index in [1.54, 1.807) is 24.3 Å². The minimum Gasteiger partial charge on any atom is -0.502 e. The summed E-state index contributed by atoms with van der Waals surface area (Å²) in [4.78, 5) is 10.3. The Morgan fingerprint density at radius 3 is 2.17 bits per heavy atom. The van der Waals surface area contributed by atoms with E-state index in [2.05, 4.69) is 0 Å². The van der Waals surface area contributed by atoms with E-state index in [-0.39, 0.29) is 17.2 Å². The van der Waals surface area contributed by atoms with E-state index < -0.39 is 5.97 Å². The van der Waals surface area contributed by atoms with Crippen LogP contribution in [-0.2, 0) is 4.79 Å². The van der Waals surface area contributed by atoms with Gasteiger partial charge in [0.05, 0.1) is 14.2 Å². The van der Waals surface area contributed by atoms with Gasteiger partial charge in [-0.3, -0.25) is 0 Å². The molecule has 0 radical (unpaired) electrons. The van der Waals surface area contributed by atoms with Gasteiger partial charge in [-0.25, -0.2) is 4.79 Å². The number of hydrogen-bond acceptors (Lipinski definition) is 4. The molecule has 96 valence electrons. The number of hydrogen-bond donors (Lipinski definition) is 2. The molecule has 18 heavy (non-hydrogen) atoms. The molecule has 2 N–H and O–H groups in total. The van der Waals surface area contributed by atoms with Gasteiger partial charge in [0, 0.05) is 6.08 Å². The molecule has 0 saturated carbocycles. The van der Waals surface area contributed by atoms with Crippen LogP contribution in [0.15, 0.2) is 30.4 Å². The summed E-state index contributed by atoms with van der Waals surface area (Å²) in [7, 11) is 2.87. The van der Waals surface area contributed by atoms with Gasteiger partial charge in [0.1, 0.15) is 0 Å². The van der Waals surface area contributed by atoms with Crippen molar-refractivity contribution in [3.05, 3.63) is 35.9 Å². The van der Waals surface area contributed by atoms with Gasteiger partial charge in [-0.1, -0.05) is 18.2 Å². The summed E-state index contributed by atoms with van der Waals surface area (Å²) in [5.41, 5.74) is 0.719. The number of carbonyl (C=O) groups is 1. The lowest BCUT2D eigenvalue weighted by Gasteiger charge is -2.09. The molecular formula is C13H14O5. The molecule has 0 aliphatic rings. The Bertz CT molecular complexity index is 463. The van der Waals surface area contributed by atoms with E-state index in [4.69, 9.17) is 14.6 Å². The van der Waals surface area contributed by atoms with Crippen LogP contribution < -0.4 is 9.47 Å². The van der Waals surface area contributed by atoms with Gasteiger partial charge in [0.25, 0.3) is 0 Å². The van der Waals surface area contributed by atoms with Crippen LogP contribution in [0, 0.1) is 0 Å². The van der Waals surface area contributed by atoms with Gasteiger partial charge in [0.15, 0.2) is 11.5 Å². The zero-order valence-electron chi connectivity index (χ0n) is 10.1. The highest BCUT2D eigenvalue weighted by Crippen LogP contribution is 2.37. The SMILES string of the molecule is COc1cc(/C=C/C=C/C(=O)O)cc(OC)c1O. The third-order valence-electron chi connectivity index (χ3n) is 2.14. The number of benzene rings is 1. The lowest BCUT2D eigenvalue weighted by atomic mass is 10.1. The van der Waals surface area contributed by atoms with Crippen LogP contribution in [0.2, 0.25) is 0 Å². The molecule has 5 nitrogen and oxygen atoms in total. The monoisotopic (exact) mass is 250 g/mol. The molecule has 0 heterocycles. The number of phenolic OH excluding ortho intramolecular Hbond substituents is 1. The Hall–Kier alpha value is -2.43. The fourth-order valence-electron chi connectivity index (χ4n) is 1.31. The normalized spacial score (nSPS) is 11.0. The minimum atomic E-state index is -1.01. The number of phenols is 1. The first-order valence-electron chi connectivity index (χ1n) is 5.11. The van der Waals surface area contributed by atoms with Crippen molar-refractivity contribution >= 4 is 12.0 Å². The number of aliphatic carboxylic acids is 1. The van der Waals surface area contributed by atoms with Crippen LogP contribution in [0.4, 0.5) is 0 Å². The molecule has 0 bridgehead atoms. The summed E-state index contributed by atoms with van der Waals surface area (Å²) in [5, 5.41) is 18.1. The van der Waals surface area contributed by atoms with E-state index in [1.807, 2.05) is 0 Å². The fraction of sp³-hybridized carbons (Fsp3) is 0.154. The average molecular weight is 250 g/mol. The van der Waals surface area contributed by atoms with Crippen LogP contribution in [0.1, 0.15) is 5.56 Å². The number of ether oxygens (including phenoxy) is 2. The van der Waals surface area contributed by atoms with Crippen molar-refractivity contribution in [1.82, 2.24) is 0 Å². The molecule has 1 aromatic rings. The number of aromatic hydroxyl groups is 1. The second-order valence-electron chi connectivity index (χ2n) is 3.33. The lowest BCUT2D eigenvalue weighted by Crippen LogP contribution is -1.90. The minimum absolute atomic E-state index is 0.0711. The second kappa shape index (κ2) is 6.34. The molecule has 0 amide bonds. The van der Waals surface area contributed by atoms with Crippen molar-refractivity contribution in [1.29, 1.82) is 0 Å². The molecule has 0 saturated heterocycles. The first-order valence-corrected chi connectivity index (χ1v) is 5.11. The van der Waals surface area contributed by atoms with Crippen LogP contribution in [0.3, 0.4) is 0 Å². The number of allylic oxidation sites excluding steroid dienone is 2. The van der Waals surface area contributed by atoms with Gasteiger partial charge in [0.2, 0.25) is 5.75 Å². The summed E-state index contributed by atoms with van der Waals surface area (Å²) in [6.45, 7) is 0. The molecule has 0 spiro atoms. The molecule has 0 aromatic heterocycles. The third-order valence-corrected chi connectivity index (χ3v) is 2.14. The van der Waals surface area contributed by atoms with Crippen LogP contribution in [0.5, 0.6) is 17.2 Å². The zero-order valence-corrected chi connectivity index (χ0v) is 10.1. The Morgan fingerprint density at radius 2 is 1.72 bits per heavy atom. The van der Waals surface area contributed by atoms with Gasteiger partial charge < -0.3 is 19.7 Å². The second-order valence-corrected chi connectivity index (χ2v) is 3.33. The quantitative estimate of drug-likeness (QED) is 0.618. The van der Waals surface area contributed by atoms with Gasteiger partial charge in [-0.05, 0) is 17.7 Å². The summed E-state index contributed by atoms with van der Waals surface area (Å²) in [6, 6.07) is 3.23. The Kier molecular flexibility index (Phi) is 4.80. The van der Waals surface area contributed by atoms with Gasteiger partial charge in [-0.15, -0.1) is 0 Å². The van der Waals surface area contributed by atoms with Gasteiger partial charge in [-0.2, -0.15) is 0 Å². The number of rotatable bonds is 5. The van der Waals surface area contributed by atoms with Crippen molar-refractivity contribution < 1.29 is 24.5 Å². The van der Waals surface area contributed by atoms with Crippen LogP contribution >= 0.6 is 0 Å². The fourth-order valence-corrected chi connectivity index (χ4v) is 1.31. The van der Waals surface area contributed by atoms with Crippen molar-refractivity contribution in [3.8, 4) is 17.2 Å². The van der Waals surface area contributed by atoms with Crippen LogP contribution in [0.25, 0.3) is 6.08 Å². The summed E-state index contributed by atoms with van der Waals surface area (Å²) >= 11 is 0. The molecule has 0 fully saturated rings. The van der Waals surface area contributed by atoms with Crippen molar-refractivity contribution in [2.45, 2.75) is 0 Å². The summed E-state index contributed by atoms with van der Waals surface area (Å²) < 4.78 is 9.99. The Labute approximate surface area is 105 Å². The summed E-state index contributed by atoms with van der Waals surface area (Å²) in [6.07, 6.45) is 5.66. The topological polar surface area (TPSA) is 76.0 Å². The van der Waals surface area contributed by atoms with E-state index in [1.165, 1.54) is 20.3 Å². The predicted molar refractivity (Wildman–Crippen MR) is 67.0 cm³/mol. The molecular weight excluding hydrogens is 236 g/mol. The maximum Gasteiger partial charge on any atom is 0.328 e. The standard InChI is InChI=1S/C13H14O5/c1-17-10-7-9(5-3-4-6-12(14)15)8-11(18-2)13(10)16/h3-8,16H,1-2H3,(H,14,15)/b5-3+,6-4+. The molecule has 1 rings (SSSR count). The largest absolute Gasteiger partial charge is 0.502 e. The highest BCUT2D eigenvalue weighted by molar-refractivity contribution is 5.80. The molecule has 0 atom stereocenters. The maximum absolute atomic E-state index is 10.3. The van der Waals surface area contributed by atoms with Crippen molar-refractivity contribution in [3.63, 3.8) is 0 Å².